The van der Waals surface area contributed by atoms with Gasteiger partial charge >= 0.3 is 11.9 Å². The number of alkyl halides is 3. The molecular weight excluding hydrogens is 630 g/mol. The van der Waals surface area contributed by atoms with E-state index in [1.54, 1.807) is 35.8 Å². The number of halogens is 6. The van der Waals surface area contributed by atoms with E-state index in [0.29, 0.717) is 11.6 Å². The highest BCUT2D eigenvalue weighted by molar-refractivity contribution is 7.99. The molecule has 1 fully saturated rings. The zero-order valence-electron chi connectivity index (χ0n) is 24.9. The molecule has 6 nitrogen and oxygen atoms in total. The molecule has 0 aliphatic carbocycles. The first-order valence-corrected chi connectivity index (χ1v) is 15.4. The maximum Gasteiger partial charge on any atom is 0.417 e. The minimum atomic E-state index is -4.86. The quantitative estimate of drug-likeness (QED) is 0.157. The van der Waals surface area contributed by atoms with E-state index < -0.39 is 35.0 Å². The number of rotatable bonds is 6. The molecule has 46 heavy (non-hydrogen) atoms. The Labute approximate surface area is 265 Å². The van der Waals surface area contributed by atoms with Gasteiger partial charge < -0.3 is 9.80 Å². The number of thioether (sulfide) groups is 1. The van der Waals surface area contributed by atoms with Crippen LogP contribution in [0.2, 0.25) is 0 Å². The van der Waals surface area contributed by atoms with E-state index in [-0.39, 0.29) is 76.9 Å². The lowest BCUT2D eigenvalue weighted by atomic mass is 9.99. The van der Waals surface area contributed by atoms with Gasteiger partial charge in [-0.2, -0.15) is 18.2 Å². The number of aromatic nitrogens is 2. The average molecular weight is 661 g/mol. The third-order valence-electron chi connectivity index (χ3n) is 8.10. The minimum absolute atomic E-state index is 0.0295. The van der Waals surface area contributed by atoms with Crippen LogP contribution in [0.15, 0.2) is 83.1 Å². The topological polar surface area (TPSA) is 58.4 Å². The molecule has 2 aliphatic heterocycles. The zero-order valence-corrected chi connectivity index (χ0v) is 25.7. The van der Waals surface area contributed by atoms with Crippen LogP contribution in [-0.2, 0) is 17.5 Å². The molecule has 0 radical (unpaired) electrons. The first kappa shape index (κ1) is 33.1. The van der Waals surface area contributed by atoms with Crippen LogP contribution in [0.4, 0.5) is 32.2 Å². The Balaban J connectivity index is 1.76. The summed E-state index contributed by atoms with van der Waals surface area (Å²) in [6.45, 7) is 7.61. The van der Waals surface area contributed by atoms with Crippen molar-refractivity contribution in [3.63, 3.8) is 0 Å². The van der Waals surface area contributed by atoms with E-state index in [1.165, 1.54) is 22.8 Å². The molecule has 2 aromatic carbocycles. The maximum atomic E-state index is 14.8. The first-order valence-electron chi connectivity index (χ1n) is 14.4. The van der Waals surface area contributed by atoms with Gasteiger partial charge in [0.25, 0.3) is 0 Å². The number of amides is 1. The number of allylic oxidation sites excluding steroid dienone is 4. The van der Waals surface area contributed by atoms with Crippen molar-refractivity contribution < 1.29 is 31.1 Å². The van der Waals surface area contributed by atoms with E-state index in [4.69, 9.17) is 0 Å². The predicted molar refractivity (Wildman–Crippen MR) is 168 cm³/mol. The Morgan fingerprint density at radius 2 is 1.78 bits per heavy atom. The SMILES string of the molecule is C=CC(=O)N1C(C)CN(c2nc(=O)n3c4c(c(/C=C/C=C(F)\C=C\F)c(C(F)(F)F)cc24)SCC(c2ccc(F)cc2)C3)CC1C. The molecular formula is C33H30F6N4O2S. The standard InChI is InChI=1S/C33H30F6N4O2S/c1-4-28(44)43-19(2)15-41(16-20(43)3)31-26-14-27(33(37,38)39)25(7-5-6-23(35)12-13-34)30-29(26)42(32(45)40-31)17-22(18-46-30)21-8-10-24(36)11-9-21/h4-14,19-20,22H,1,15-18H2,2-3H3/b7-5+,13-12+,23-6+. The molecule has 0 spiro atoms. The molecule has 3 heterocycles. The lowest BCUT2D eigenvalue weighted by molar-refractivity contribution is -0.137. The second-order valence-electron chi connectivity index (χ2n) is 11.2. The van der Waals surface area contributed by atoms with E-state index in [2.05, 4.69) is 11.6 Å². The van der Waals surface area contributed by atoms with Crippen LogP contribution < -0.4 is 10.6 Å². The maximum absolute atomic E-state index is 14.8. The molecule has 0 saturated carbocycles. The summed E-state index contributed by atoms with van der Waals surface area (Å²) in [5.74, 6) is -1.84. The number of carbonyl (C=O) groups excluding carboxylic acids is 1. The van der Waals surface area contributed by atoms with Gasteiger partial charge in [-0.3, -0.25) is 9.36 Å². The van der Waals surface area contributed by atoms with Crippen LogP contribution in [0.1, 0.15) is 36.5 Å². The molecule has 5 rings (SSSR count). The molecule has 3 aromatic rings. The average Bonchev–Trinajstić information content (AvgIpc) is 3.20. The summed E-state index contributed by atoms with van der Waals surface area (Å²) in [5.41, 5.74) is -1.07. The van der Waals surface area contributed by atoms with Crippen LogP contribution >= 0.6 is 11.8 Å². The Bertz CT molecular complexity index is 1800. The molecule has 1 saturated heterocycles. The molecule has 3 atom stereocenters. The van der Waals surface area contributed by atoms with Crippen LogP contribution in [0, 0.1) is 5.82 Å². The third-order valence-corrected chi connectivity index (χ3v) is 9.37. The zero-order chi connectivity index (χ0) is 33.3. The van der Waals surface area contributed by atoms with Crippen LogP contribution in [0.3, 0.4) is 0 Å². The van der Waals surface area contributed by atoms with Gasteiger partial charge in [-0.15, -0.1) is 11.8 Å². The Hall–Kier alpha value is -4.26. The molecule has 2 aliphatic rings. The van der Waals surface area contributed by atoms with Crippen molar-refractivity contribution in [1.82, 2.24) is 14.5 Å². The number of anilines is 1. The highest BCUT2D eigenvalue weighted by atomic mass is 32.2. The van der Waals surface area contributed by atoms with Crippen molar-refractivity contribution in [2.75, 3.05) is 23.7 Å². The van der Waals surface area contributed by atoms with Crippen LogP contribution in [0.5, 0.6) is 0 Å². The minimum Gasteiger partial charge on any atom is -0.352 e. The summed E-state index contributed by atoms with van der Waals surface area (Å²) in [7, 11) is 0. The predicted octanol–water partition coefficient (Wildman–Crippen LogP) is 7.41. The van der Waals surface area contributed by atoms with E-state index in [0.717, 1.165) is 36.1 Å². The molecule has 242 valence electrons. The van der Waals surface area contributed by atoms with Crippen molar-refractivity contribution in [3.8, 4) is 0 Å². The van der Waals surface area contributed by atoms with Gasteiger partial charge in [0.05, 0.1) is 17.4 Å². The number of carbonyl (C=O) groups is 1. The summed E-state index contributed by atoms with van der Waals surface area (Å²) >= 11 is 1.10. The first-order chi connectivity index (χ1) is 21.8. The number of hydrogen-bond donors (Lipinski definition) is 0. The summed E-state index contributed by atoms with van der Waals surface area (Å²) in [6, 6.07) is 5.91. The summed E-state index contributed by atoms with van der Waals surface area (Å²) in [6.07, 6.45) is -0.198. The van der Waals surface area contributed by atoms with Crippen molar-refractivity contribution in [1.29, 1.82) is 0 Å². The summed E-state index contributed by atoms with van der Waals surface area (Å²) < 4.78 is 85.7. The monoisotopic (exact) mass is 660 g/mol. The molecule has 13 heteroatoms. The molecule has 0 N–H and O–H groups in total. The fourth-order valence-corrected chi connectivity index (χ4v) is 7.50. The smallest absolute Gasteiger partial charge is 0.352 e. The van der Waals surface area contributed by atoms with Gasteiger partial charge in [0, 0.05) is 65.3 Å². The van der Waals surface area contributed by atoms with Gasteiger partial charge in [-0.05, 0) is 49.8 Å². The lowest BCUT2D eigenvalue weighted by Gasteiger charge is -2.44. The summed E-state index contributed by atoms with van der Waals surface area (Å²) in [5, 5.41) is 0.0938. The normalized spacial score (nSPS) is 21.0. The van der Waals surface area contributed by atoms with Crippen molar-refractivity contribution in [2.24, 2.45) is 0 Å². The molecule has 1 amide bonds. The highest BCUT2D eigenvalue weighted by Crippen LogP contribution is 2.46. The number of hydrogen-bond acceptors (Lipinski definition) is 5. The third kappa shape index (κ3) is 6.51. The number of benzene rings is 2. The number of piperazine rings is 1. The largest absolute Gasteiger partial charge is 0.417 e. The van der Waals surface area contributed by atoms with E-state index >= 15 is 0 Å². The van der Waals surface area contributed by atoms with Gasteiger partial charge in [0.2, 0.25) is 5.91 Å². The fraction of sp³-hybridized carbons (Fsp3) is 0.303. The summed E-state index contributed by atoms with van der Waals surface area (Å²) in [4.78, 5) is 34.1. The van der Waals surface area contributed by atoms with E-state index in [1.807, 2.05) is 0 Å². The van der Waals surface area contributed by atoms with Crippen molar-refractivity contribution in [2.45, 2.75) is 49.5 Å². The highest BCUT2D eigenvalue weighted by Gasteiger charge is 2.39. The lowest BCUT2D eigenvalue weighted by Crippen LogP contribution is -2.58. The second kappa shape index (κ2) is 13.2. The molecule has 0 bridgehead atoms. The molecule has 3 unspecified atom stereocenters. The van der Waals surface area contributed by atoms with Crippen molar-refractivity contribution >= 4 is 40.5 Å². The fourth-order valence-electron chi connectivity index (χ4n) is 6.15. The number of nitrogens with zero attached hydrogens (tertiary/aromatic N) is 4. The van der Waals surface area contributed by atoms with Gasteiger partial charge in [-0.1, -0.05) is 30.9 Å². The molecule has 1 aromatic heterocycles. The van der Waals surface area contributed by atoms with Crippen molar-refractivity contribution in [3.05, 3.63) is 106 Å². The second-order valence-corrected chi connectivity index (χ2v) is 12.2. The van der Waals surface area contributed by atoms with Crippen LogP contribution in [0.25, 0.3) is 17.0 Å². The van der Waals surface area contributed by atoms with Crippen LogP contribution in [-0.4, -0.2) is 51.3 Å². The Kier molecular flexibility index (Phi) is 9.52. The van der Waals surface area contributed by atoms with E-state index in [9.17, 15) is 35.9 Å². The Morgan fingerprint density at radius 3 is 2.39 bits per heavy atom. The van der Waals surface area contributed by atoms with Gasteiger partial charge in [-0.25, -0.2) is 18.0 Å². The van der Waals surface area contributed by atoms with Gasteiger partial charge in [0.1, 0.15) is 17.5 Å². The Morgan fingerprint density at radius 1 is 1.11 bits per heavy atom. The van der Waals surface area contributed by atoms with Gasteiger partial charge in [0.15, 0.2) is 0 Å².